The van der Waals surface area contributed by atoms with E-state index in [4.69, 9.17) is 10.5 Å². The number of nitrogens with two attached hydrogens (primary N) is 1. The fourth-order valence-electron chi connectivity index (χ4n) is 2.12. The summed E-state index contributed by atoms with van der Waals surface area (Å²) in [6.07, 6.45) is 0. The maximum atomic E-state index is 9.94. The first-order chi connectivity index (χ1) is 10.2. The van der Waals surface area contributed by atoms with Crippen molar-refractivity contribution >= 4 is 18.1 Å². The molecule has 0 radical (unpaired) electrons. The third-order valence-electron chi connectivity index (χ3n) is 3.17. The van der Waals surface area contributed by atoms with Gasteiger partial charge in [0.05, 0.1) is 0 Å². The first kappa shape index (κ1) is 15.7. The quantitative estimate of drug-likeness (QED) is 0.679. The van der Waals surface area contributed by atoms with Gasteiger partial charge in [0, 0.05) is 17.3 Å². The van der Waals surface area contributed by atoms with E-state index in [1.54, 1.807) is 18.2 Å². The van der Waals surface area contributed by atoms with Crippen molar-refractivity contribution in [1.29, 1.82) is 0 Å². The van der Waals surface area contributed by atoms with Gasteiger partial charge in [-0.1, -0.05) is 30.3 Å². The zero-order chi connectivity index (χ0) is 14.7. The Labute approximate surface area is 135 Å². The standard InChI is InChI=1S/C18H15NO2.ClH/c19-14-8-11-17(18(20)12-14)13-6-9-16(10-7-13)21-15-4-2-1-3-5-15;/h1-12,20H,19H2;1H. The van der Waals surface area contributed by atoms with Crippen molar-refractivity contribution in [2.24, 2.45) is 0 Å². The molecule has 0 atom stereocenters. The average Bonchev–Trinajstić information content (AvgIpc) is 2.49. The Morgan fingerprint density at radius 1 is 0.773 bits per heavy atom. The average molecular weight is 314 g/mol. The van der Waals surface area contributed by atoms with Crippen molar-refractivity contribution in [3.8, 4) is 28.4 Å². The molecule has 0 spiro atoms. The van der Waals surface area contributed by atoms with Gasteiger partial charge in [0.25, 0.3) is 0 Å². The van der Waals surface area contributed by atoms with Crippen LogP contribution in [0, 0.1) is 0 Å². The molecule has 0 aliphatic carbocycles. The van der Waals surface area contributed by atoms with Gasteiger partial charge in [0.1, 0.15) is 17.2 Å². The summed E-state index contributed by atoms with van der Waals surface area (Å²) in [5.74, 6) is 1.71. The smallest absolute Gasteiger partial charge is 0.127 e. The van der Waals surface area contributed by atoms with Gasteiger partial charge in [-0.15, -0.1) is 12.4 Å². The van der Waals surface area contributed by atoms with Crippen LogP contribution in [0.5, 0.6) is 17.2 Å². The van der Waals surface area contributed by atoms with Gasteiger partial charge in [-0.2, -0.15) is 0 Å². The second-order valence-electron chi connectivity index (χ2n) is 4.72. The molecule has 0 aliphatic rings. The molecule has 112 valence electrons. The van der Waals surface area contributed by atoms with Crippen molar-refractivity contribution in [2.75, 3.05) is 5.73 Å². The molecule has 3 aromatic carbocycles. The molecule has 0 saturated heterocycles. The van der Waals surface area contributed by atoms with Crippen LogP contribution in [-0.2, 0) is 0 Å². The van der Waals surface area contributed by atoms with Crippen molar-refractivity contribution in [2.45, 2.75) is 0 Å². The van der Waals surface area contributed by atoms with Gasteiger partial charge in [0.15, 0.2) is 0 Å². The molecule has 0 heterocycles. The molecule has 3 N–H and O–H groups in total. The predicted octanol–water partition coefficient (Wildman–Crippen LogP) is 4.86. The van der Waals surface area contributed by atoms with E-state index in [0.717, 1.165) is 22.6 Å². The second kappa shape index (κ2) is 6.87. The van der Waals surface area contributed by atoms with Crippen LogP contribution in [0.15, 0.2) is 72.8 Å². The Morgan fingerprint density at radius 2 is 1.41 bits per heavy atom. The Morgan fingerprint density at radius 3 is 2.05 bits per heavy atom. The highest BCUT2D eigenvalue weighted by Gasteiger charge is 2.05. The normalized spacial score (nSPS) is 9.82. The van der Waals surface area contributed by atoms with Crippen molar-refractivity contribution in [1.82, 2.24) is 0 Å². The van der Waals surface area contributed by atoms with Gasteiger partial charge in [-0.05, 0) is 42.0 Å². The van der Waals surface area contributed by atoms with E-state index >= 15 is 0 Å². The topological polar surface area (TPSA) is 55.5 Å². The summed E-state index contributed by atoms with van der Waals surface area (Å²) < 4.78 is 5.74. The van der Waals surface area contributed by atoms with Gasteiger partial charge in [-0.3, -0.25) is 0 Å². The summed E-state index contributed by atoms with van der Waals surface area (Å²) in [4.78, 5) is 0. The van der Waals surface area contributed by atoms with Crippen LogP contribution in [0.4, 0.5) is 5.69 Å². The summed E-state index contributed by atoms with van der Waals surface area (Å²) in [7, 11) is 0. The molecule has 0 saturated carbocycles. The monoisotopic (exact) mass is 313 g/mol. The molecule has 0 amide bonds. The molecule has 3 rings (SSSR count). The maximum absolute atomic E-state index is 9.94. The molecular formula is C18H16ClNO2. The van der Waals surface area contributed by atoms with E-state index < -0.39 is 0 Å². The zero-order valence-electron chi connectivity index (χ0n) is 11.8. The Hall–Kier alpha value is -2.65. The van der Waals surface area contributed by atoms with Crippen LogP contribution in [0.2, 0.25) is 0 Å². The molecule has 0 aliphatic heterocycles. The molecule has 4 heteroatoms. The molecule has 3 aromatic rings. The number of phenols is 1. The van der Waals surface area contributed by atoms with Gasteiger partial charge >= 0.3 is 0 Å². The SMILES string of the molecule is Cl.Nc1ccc(-c2ccc(Oc3ccccc3)cc2)c(O)c1. The van der Waals surface area contributed by atoms with Crippen LogP contribution < -0.4 is 10.5 Å². The summed E-state index contributed by atoms with van der Waals surface area (Å²) in [5, 5.41) is 9.94. The van der Waals surface area contributed by atoms with Crippen molar-refractivity contribution in [3.05, 3.63) is 72.8 Å². The fraction of sp³-hybridized carbons (Fsp3) is 0. The lowest BCUT2D eigenvalue weighted by Crippen LogP contribution is -1.86. The third-order valence-corrected chi connectivity index (χ3v) is 3.17. The largest absolute Gasteiger partial charge is 0.507 e. The fourth-order valence-corrected chi connectivity index (χ4v) is 2.12. The summed E-state index contributed by atoms with van der Waals surface area (Å²) >= 11 is 0. The summed E-state index contributed by atoms with van der Waals surface area (Å²) in [6.45, 7) is 0. The number of hydrogen-bond donors (Lipinski definition) is 2. The number of hydrogen-bond acceptors (Lipinski definition) is 3. The summed E-state index contributed by atoms with van der Waals surface area (Å²) in [5.41, 5.74) is 7.83. The third kappa shape index (κ3) is 3.51. The first-order valence-corrected chi connectivity index (χ1v) is 6.64. The van der Waals surface area contributed by atoms with Crippen LogP contribution in [-0.4, -0.2) is 5.11 Å². The van der Waals surface area contributed by atoms with E-state index in [2.05, 4.69) is 0 Å². The van der Waals surface area contributed by atoms with Crippen molar-refractivity contribution in [3.63, 3.8) is 0 Å². The molecule has 3 nitrogen and oxygen atoms in total. The minimum Gasteiger partial charge on any atom is -0.507 e. The second-order valence-corrected chi connectivity index (χ2v) is 4.72. The maximum Gasteiger partial charge on any atom is 0.127 e. The molecule has 0 bridgehead atoms. The lowest BCUT2D eigenvalue weighted by molar-refractivity contribution is 0.477. The van der Waals surface area contributed by atoms with E-state index in [-0.39, 0.29) is 18.2 Å². The van der Waals surface area contributed by atoms with Gasteiger partial charge < -0.3 is 15.6 Å². The minimum atomic E-state index is 0. The van der Waals surface area contributed by atoms with Crippen LogP contribution in [0.25, 0.3) is 11.1 Å². The summed E-state index contributed by atoms with van der Waals surface area (Å²) in [6, 6.07) is 22.3. The van der Waals surface area contributed by atoms with Gasteiger partial charge in [0.2, 0.25) is 0 Å². The van der Waals surface area contributed by atoms with E-state index in [1.807, 2.05) is 54.6 Å². The van der Waals surface area contributed by atoms with Crippen LogP contribution in [0.1, 0.15) is 0 Å². The number of benzene rings is 3. The highest BCUT2D eigenvalue weighted by molar-refractivity contribution is 5.85. The number of phenolic OH excluding ortho intramolecular Hbond substituents is 1. The molecule has 0 fully saturated rings. The number of para-hydroxylation sites is 1. The van der Waals surface area contributed by atoms with Crippen LogP contribution in [0.3, 0.4) is 0 Å². The van der Waals surface area contributed by atoms with E-state index in [1.165, 1.54) is 0 Å². The molecule has 22 heavy (non-hydrogen) atoms. The van der Waals surface area contributed by atoms with Crippen LogP contribution >= 0.6 is 12.4 Å². The molecule has 0 unspecified atom stereocenters. The molecular weight excluding hydrogens is 298 g/mol. The number of anilines is 1. The first-order valence-electron chi connectivity index (χ1n) is 6.64. The van der Waals surface area contributed by atoms with E-state index in [0.29, 0.717) is 5.69 Å². The van der Waals surface area contributed by atoms with E-state index in [9.17, 15) is 5.11 Å². The van der Waals surface area contributed by atoms with Gasteiger partial charge in [-0.25, -0.2) is 0 Å². The highest BCUT2D eigenvalue weighted by Crippen LogP contribution is 2.32. The lowest BCUT2D eigenvalue weighted by Gasteiger charge is -2.08. The highest BCUT2D eigenvalue weighted by atomic mass is 35.5. The Bertz CT molecular complexity index is 743. The zero-order valence-corrected chi connectivity index (χ0v) is 12.6. The number of ether oxygens (including phenoxy) is 1. The molecule has 0 aromatic heterocycles. The number of halogens is 1. The number of nitrogen functional groups attached to an aromatic ring is 1. The Balaban J connectivity index is 0.00000176. The minimum absolute atomic E-state index is 0. The predicted molar refractivity (Wildman–Crippen MR) is 91.7 cm³/mol. The Kier molecular flexibility index (Phi) is 4.92. The lowest BCUT2D eigenvalue weighted by atomic mass is 10.0. The number of rotatable bonds is 3. The van der Waals surface area contributed by atoms with Crippen molar-refractivity contribution < 1.29 is 9.84 Å². The number of aromatic hydroxyl groups is 1.